The maximum absolute atomic E-state index is 5.69. The van der Waals surface area contributed by atoms with Gasteiger partial charge in [0.05, 0.1) is 13.1 Å². The van der Waals surface area contributed by atoms with E-state index in [2.05, 4.69) is 9.97 Å². The Labute approximate surface area is 88.0 Å². The molecule has 0 amide bonds. The van der Waals surface area contributed by atoms with Crippen LogP contribution in [0.4, 0.5) is 0 Å². The van der Waals surface area contributed by atoms with E-state index in [9.17, 15) is 0 Å². The van der Waals surface area contributed by atoms with Crippen LogP contribution in [0.15, 0.2) is 6.07 Å². The predicted molar refractivity (Wildman–Crippen MR) is 53.3 cm³/mol. The number of nitrogens with zero attached hydrogens (tertiary/aromatic N) is 3. The number of halogens is 1. The normalized spacial score (nSPS) is 17.9. The molecular formula is C9H12ClN3O. The molecule has 1 aliphatic heterocycles. The minimum atomic E-state index is 0.133. The van der Waals surface area contributed by atoms with Crippen molar-refractivity contribution in [2.45, 2.75) is 20.0 Å². The van der Waals surface area contributed by atoms with Crippen molar-refractivity contribution in [3.05, 3.63) is 17.5 Å². The molecule has 1 fully saturated rings. The largest absolute Gasteiger partial charge is 0.457 e. The van der Waals surface area contributed by atoms with Gasteiger partial charge in [-0.3, -0.25) is 0 Å². The Balaban J connectivity index is 2.02. The van der Waals surface area contributed by atoms with Crippen molar-refractivity contribution in [2.75, 3.05) is 13.1 Å². The van der Waals surface area contributed by atoms with Crippen LogP contribution in [0.1, 0.15) is 11.4 Å². The van der Waals surface area contributed by atoms with Crippen molar-refractivity contribution in [1.82, 2.24) is 14.4 Å². The Bertz CT molecular complexity index is 319. The highest BCUT2D eigenvalue weighted by atomic mass is 35.5. The monoisotopic (exact) mass is 213 g/mol. The van der Waals surface area contributed by atoms with Gasteiger partial charge in [0.15, 0.2) is 0 Å². The van der Waals surface area contributed by atoms with Crippen LogP contribution in [0.25, 0.3) is 0 Å². The van der Waals surface area contributed by atoms with E-state index >= 15 is 0 Å². The van der Waals surface area contributed by atoms with E-state index in [0.29, 0.717) is 6.01 Å². The smallest absolute Gasteiger partial charge is 0.317 e. The molecular weight excluding hydrogens is 202 g/mol. The summed E-state index contributed by atoms with van der Waals surface area (Å²) in [6.07, 6.45) is 0.133. The average molecular weight is 214 g/mol. The molecule has 1 saturated heterocycles. The first-order valence-electron chi connectivity index (χ1n) is 4.53. The highest BCUT2D eigenvalue weighted by Crippen LogP contribution is 2.16. The lowest BCUT2D eigenvalue weighted by Crippen LogP contribution is -2.48. The van der Waals surface area contributed by atoms with Gasteiger partial charge in [-0.25, -0.2) is 14.4 Å². The highest BCUT2D eigenvalue weighted by molar-refractivity contribution is 6.13. The average Bonchev–Trinajstić information content (AvgIpc) is 1.99. The molecule has 4 nitrogen and oxygen atoms in total. The Morgan fingerprint density at radius 3 is 2.43 bits per heavy atom. The molecule has 0 saturated carbocycles. The van der Waals surface area contributed by atoms with Gasteiger partial charge in [-0.05, 0) is 31.7 Å². The molecule has 76 valence electrons. The summed E-state index contributed by atoms with van der Waals surface area (Å²) in [4.78, 5) is 8.37. The zero-order chi connectivity index (χ0) is 10.1. The molecule has 2 rings (SSSR count). The molecule has 1 aromatic rings. The lowest BCUT2D eigenvalue weighted by Gasteiger charge is -2.32. The molecule has 2 heterocycles. The molecule has 0 bridgehead atoms. The van der Waals surface area contributed by atoms with E-state index in [1.807, 2.05) is 19.9 Å². The molecule has 0 aromatic carbocycles. The van der Waals surface area contributed by atoms with E-state index in [-0.39, 0.29) is 6.10 Å². The fourth-order valence-electron chi connectivity index (χ4n) is 1.36. The summed E-state index contributed by atoms with van der Waals surface area (Å²) >= 11 is 5.69. The first-order valence-corrected chi connectivity index (χ1v) is 4.87. The third kappa shape index (κ3) is 2.13. The minimum absolute atomic E-state index is 0.133. The van der Waals surface area contributed by atoms with E-state index in [1.165, 1.54) is 0 Å². The quantitative estimate of drug-likeness (QED) is 0.695. The maximum atomic E-state index is 5.69. The fourth-order valence-corrected chi connectivity index (χ4v) is 1.67. The minimum Gasteiger partial charge on any atom is -0.457 e. The maximum Gasteiger partial charge on any atom is 0.317 e. The molecule has 0 atom stereocenters. The Kier molecular flexibility index (Phi) is 2.56. The van der Waals surface area contributed by atoms with Crippen LogP contribution in [0.5, 0.6) is 6.01 Å². The topological polar surface area (TPSA) is 38.2 Å². The second-order valence-electron chi connectivity index (χ2n) is 3.50. The van der Waals surface area contributed by atoms with Gasteiger partial charge in [0, 0.05) is 11.4 Å². The number of ether oxygens (including phenoxy) is 1. The summed E-state index contributed by atoms with van der Waals surface area (Å²) in [5.41, 5.74) is 1.85. The molecule has 1 aliphatic rings. The Morgan fingerprint density at radius 1 is 1.36 bits per heavy atom. The second-order valence-corrected chi connectivity index (χ2v) is 3.98. The number of rotatable bonds is 2. The number of hydrogen-bond donors (Lipinski definition) is 0. The molecule has 0 spiro atoms. The standard InChI is InChI=1S/C9H12ClN3O/c1-6-3-7(2)12-9(11-6)14-8-4-13(10)5-8/h3,8H,4-5H2,1-2H3. The number of hydrogen-bond acceptors (Lipinski definition) is 4. The van der Waals surface area contributed by atoms with Gasteiger partial charge in [-0.1, -0.05) is 0 Å². The number of aromatic nitrogens is 2. The van der Waals surface area contributed by atoms with Crippen molar-refractivity contribution in [1.29, 1.82) is 0 Å². The zero-order valence-electron chi connectivity index (χ0n) is 8.20. The Morgan fingerprint density at radius 2 is 1.93 bits per heavy atom. The molecule has 0 aliphatic carbocycles. The zero-order valence-corrected chi connectivity index (χ0v) is 8.95. The van der Waals surface area contributed by atoms with Crippen molar-refractivity contribution >= 4 is 11.8 Å². The molecule has 0 unspecified atom stereocenters. The van der Waals surface area contributed by atoms with E-state index in [1.54, 1.807) is 4.42 Å². The SMILES string of the molecule is Cc1cc(C)nc(OC2CN(Cl)C2)n1. The molecule has 14 heavy (non-hydrogen) atoms. The van der Waals surface area contributed by atoms with Crippen LogP contribution in [-0.4, -0.2) is 33.6 Å². The van der Waals surface area contributed by atoms with Gasteiger partial charge in [0.1, 0.15) is 6.10 Å². The molecule has 5 heteroatoms. The predicted octanol–water partition coefficient (Wildman–Crippen LogP) is 1.31. The fraction of sp³-hybridized carbons (Fsp3) is 0.556. The molecule has 1 aromatic heterocycles. The Hall–Kier alpha value is -0.870. The van der Waals surface area contributed by atoms with E-state index in [0.717, 1.165) is 24.5 Å². The van der Waals surface area contributed by atoms with Crippen LogP contribution in [0, 0.1) is 13.8 Å². The lowest BCUT2D eigenvalue weighted by atomic mass is 10.2. The van der Waals surface area contributed by atoms with Crippen LogP contribution >= 0.6 is 11.8 Å². The summed E-state index contributed by atoms with van der Waals surface area (Å²) in [5, 5.41) is 0. The van der Waals surface area contributed by atoms with Gasteiger partial charge in [0.2, 0.25) is 0 Å². The lowest BCUT2D eigenvalue weighted by molar-refractivity contribution is 0.0692. The van der Waals surface area contributed by atoms with Gasteiger partial charge in [-0.2, -0.15) is 0 Å². The molecule has 0 radical (unpaired) electrons. The summed E-state index contributed by atoms with van der Waals surface area (Å²) < 4.78 is 7.21. The van der Waals surface area contributed by atoms with Crippen molar-refractivity contribution in [3.8, 4) is 6.01 Å². The summed E-state index contributed by atoms with van der Waals surface area (Å²) in [5.74, 6) is 0. The van der Waals surface area contributed by atoms with Crippen molar-refractivity contribution in [2.24, 2.45) is 0 Å². The second kappa shape index (κ2) is 3.71. The third-order valence-electron chi connectivity index (χ3n) is 2.04. The third-order valence-corrected chi connectivity index (χ3v) is 2.31. The molecule has 0 N–H and O–H groups in total. The highest BCUT2D eigenvalue weighted by Gasteiger charge is 2.27. The van der Waals surface area contributed by atoms with Gasteiger partial charge < -0.3 is 4.74 Å². The summed E-state index contributed by atoms with van der Waals surface area (Å²) in [7, 11) is 0. The van der Waals surface area contributed by atoms with Gasteiger partial charge in [0.25, 0.3) is 0 Å². The number of aryl methyl sites for hydroxylation is 2. The summed E-state index contributed by atoms with van der Waals surface area (Å²) in [6.45, 7) is 5.32. The van der Waals surface area contributed by atoms with Crippen molar-refractivity contribution in [3.63, 3.8) is 0 Å². The van der Waals surface area contributed by atoms with Crippen LogP contribution < -0.4 is 4.74 Å². The van der Waals surface area contributed by atoms with Crippen LogP contribution in [-0.2, 0) is 0 Å². The van der Waals surface area contributed by atoms with Crippen LogP contribution in [0.2, 0.25) is 0 Å². The van der Waals surface area contributed by atoms with Gasteiger partial charge in [-0.15, -0.1) is 0 Å². The summed E-state index contributed by atoms with van der Waals surface area (Å²) in [6, 6.07) is 2.37. The first kappa shape index (κ1) is 9.68. The van der Waals surface area contributed by atoms with Gasteiger partial charge >= 0.3 is 6.01 Å². The van der Waals surface area contributed by atoms with E-state index in [4.69, 9.17) is 16.5 Å². The first-order chi connectivity index (χ1) is 6.63. The van der Waals surface area contributed by atoms with E-state index < -0.39 is 0 Å². The van der Waals surface area contributed by atoms with Crippen LogP contribution in [0.3, 0.4) is 0 Å². The van der Waals surface area contributed by atoms with Crippen molar-refractivity contribution < 1.29 is 4.74 Å².